The summed E-state index contributed by atoms with van der Waals surface area (Å²) in [4.78, 5) is 20.8. The van der Waals surface area contributed by atoms with Gasteiger partial charge in [-0.3, -0.25) is 0 Å². The van der Waals surface area contributed by atoms with Crippen molar-refractivity contribution < 1.29 is 14.6 Å². The van der Waals surface area contributed by atoms with Gasteiger partial charge in [0.05, 0.1) is 11.8 Å². The zero-order valence-corrected chi connectivity index (χ0v) is 13.2. The molecule has 4 rings (SSSR count). The van der Waals surface area contributed by atoms with Crippen molar-refractivity contribution in [3.8, 4) is 17.0 Å². The molecule has 1 aliphatic carbocycles. The third kappa shape index (κ3) is 2.91. The molecule has 2 atom stereocenters. The number of hydrogen-bond acceptors (Lipinski definition) is 4. The Balaban J connectivity index is 1.42. The molecule has 0 unspecified atom stereocenters. The summed E-state index contributed by atoms with van der Waals surface area (Å²) in [6.45, 7) is 1.28. The van der Waals surface area contributed by atoms with E-state index >= 15 is 0 Å². The maximum absolute atomic E-state index is 11.1. The van der Waals surface area contributed by atoms with Gasteiger partial charge in [0.25, 0.3) is 0 Å². The largest absolute Gasteiger partial charge is 0.490 e. The number of aromatic nitrogens is 2. The Morgan fingerprint density at radius 3 is 2.67 bits per heavy atom. The first-order valence-corrected chi connectivity index (χ1v) is 8.20. The second-order valence-corrected chi connectivity index (χ2v) is 6.54. The summed E-state index contributed by atoms with van der Waals surface area (Å²) in [6.07, 6.45) is 4.46. The van der Waals surface area contributed by atoms with Crippen molar-refractivity contribution in [2.24, 2.45) is 11.8 Å². The van der Waals surface area contributed by atoms with Crippen LogP contribution in [0.15, 0.2) is 42.9 Å². The SMILES string of the molecule is O=C(O)N1C[C@H]2CC(Oc3cccc(-c4ccncn4)c3)C[C@@H]2C1. The molecule has 1 saturated heterocycles. The highest BCUT2D eigenvalue weighted by Gasteiger charge is 2.43. The van der Waals surface area contributed by atoms with E-state index in [9.17, 15) is 4.79 Å². The van der Waals surface area contributed by atoms with Crippen molar-refractivity contribution in [1.82, 2.24) is 14.9 Å². The van der Waals surface area contributed by atoms with E-state index in [2.05, 4.69) is 9.97 Å². The highest BCUT2D eigenvalue weighted by Crippen LogP contribution is 2.40. The lowest BCUT2D eigenvalue weighted by molar-refractivity contribution is 0.144. The van der Waals surface area contributed by atoms with Gasteiger partial charge < -0.3 is 14.7 Å². The average molecular weight is 325 g/mol. The Morgan fingerprint density at radius 2 is 2.00 bits per heavy atom. The molecule has 0 bridgehead atoms. The van der Waals surface area contributed by atoms with Crippen molar-refractivity contribution in [3.05, 3.63) is 42.9 Å². The van der Waals surface area contributed by atoms with Crippen LogP contribution in [0.2, 0.25) is 0 Å². The molecular formula is C18H19N3O3. The van der Waals surface area contributed by atoms with Gasteiger partial charge in [0, 0.05) is 24.8 Å². The molecule has 6 heteroatoms. The standard InChI is InChI=1S/C18H19N3O3/c22-18(23)21-9-13-7-16(8-14(13)10-21)24-15-3-1-2-12(6-15)17-4-5-19-11-20-17/h1-6,11,13-14,16H,7-10H2,(H,22,23)/t13-,14-/m1/s1. The van der Waals surface area contributed by atoms with Crippen LogP contribution in [0.3, 0.4) is 0 Å². The Labute approximate surface area is 140 Å². The number of carbonyl (C=O) groups is 1. The van der Waals surface area contributed by atoms with Crippen molar-refractivity contribution in [2.75, 3.05) is 13.1 Å². The third-order valence-corrected chi connectivity index (χ3v) is 4.99. The van der Waals surface area contributed by atoms with Gasteiger partial charge in [0.1, 0.15) is 12.1 Å². The minimum absolute atomic E-state index is 0.164. The van der Waals surface area contributed by atoms with Crippen molar-refractivity contribution in [1.29, 1.82) is 0 Å². The fourth-order valence-corrected chi connectivity index (χ4v) is 3.88. The molecule has 1 amide bonds. The summed E-state index contributed by atoms with van der Waals surface area (Å²) in [7, 11) is 0. The lowest BCUT2D eigenvalue weighted by Crippen LogP contribution is -2.29. The number of hydrogen-bond donors (Lipinski definition) is 1. The molecule has 2 heterocycles. The molecule has 2 aliphatic rings. The molecule has 24 heavy (non-hydrogen) atoms. The topological polar surface area (TPSA) is 75.5 Å². The molecule has 2 fully saturated rings. The lowest BCUT2D eigenvalue weighted by Gasteiger charge is -2.18. The number of carboxylic acid groups (broad SMARTS) is 1. The van der Waals surface area contributed by atoms with E-state index in [4.69, 9.17) is 9.84 Å². The number of rotatable bonds is 3. The van der Waals surface area contributed by atoms with Crippen LogP contribution < -0.4 is 4.74 Å². The van der Waals surface area contributed by atoms with Gasteiger partial charge in [-0.05, 0) is 42.9 Å². The highest BCUT2D eigenvalue weighted by molar-refractivity contribution is 5.65. The maximum atomic E-state index is 11.1. The second kappa shape index (κ2) is 6.11. The average Bonchev–Trinajstić information content (AvgIpc) is 3.14. The fourth-order valence-electron chi connectivity index (χ4n) is 3.88. The van der Waals surface area contributed by atoms with Crippen molar-refractivity contribution >= 4 is 6.09 Å². The maximum Gasteiger partial charge on any atom is 0.407 e. The van der Waals surface area contributed by atoms with Gasteiger partial charge in [-0.15, -0.1) is 0 Å². The summed E-state index contributed by atoms with van der Waals surface area (Å²) in [6, 6.07) is 9.81. The van der Waals surface area contributed by atoms with Gasteiger partial charge >= 0.3 is 6.09 Å². The number of benzene rings is 1. The predicted molar refractivity (Wildman–Crippen MR) is 87.7 cm³/mol. The van der Waals surface area contributed by atoms with E-state index in [1.54, 1.807) is 6.20 Å². The number of ether oxygens (including phenoxy) is 1. The number of amides is 1. The van der Waals surface area contributed by atoms with Crippen LogP contribution in [-0.2, 0) is 0 Å². The summed E-state index contributed by atoms with van der Waals surface area (Å²) in [5.41, 5.74) is 1.88. The van der Waals surface area contributed by atoms with Crippen LogP contribution in [0.1, 0.15) is 12.8 Å². The van der Waals surface area contributed by atoms with Crippen LogP contribution in [0.4, 0.5) is 4.79 Å². The van der Waals surface area contributed by atoms with Crippen molar-refractivity contribution in [3.63, 3.8) is 0 Å². The third-order valence-electron chi connectivity index (χ3n) is 4.99. The van der Waals surface area contributed by atoms with E-state index in [1.165, 1.54) is 11.2 Å². The van der Waals surface area contributed by atoms with Crippen LogP contribution in [0.5, 0.6) is 5.75 Å². The molecule has 124 valence electrons. The lowest BCUT2D eigenvalue weighted by atomic mass is 10.0. The van der Waals surface area contributed by atoms with E-state index in [1.807, 2.05) is 30.3 Å². The van der Waals surface area contributed by atoms with Crippen LogP contribution in [-0.4, -0.2) is 45.3 Å². The first-order chi connectivity index (χ1) is 11.7. The quantitative estimate of drug-likeness (QED) is 0.939. The Bertz CT molecular complexity index is 723. The zero-order valence-electron chi connectivity index (χ0n) is 13.2. The number of nitrogens with zero attached hydrogens (tertiary/aromatic N) is 3. The molecule has 1 N–H and O–H groups in total. The Morgan fingerprint density at radius 1 is 1.21 bits per heavy atom. The Hall–Kier alpha value is -2.63. The van der Waals surface area contributed by atoms with Gasteiger partial charge in [0.15, 0.2) is 0 Å². The molecular weight excluding hydrogens is 306 g/mol. The molecule has 0 radical (unpaired) electrons. The van der Waals surface area contributed by atoms with Crippen molar-refractivity contribution in [2.45, 2.75) is 18.9 Å². The summed E-state index contributed by atoms with van der Waals surface area (Å²) in [5.74, 6) is 1.69. The highest BCUT2D eigenvalue weighted by atomic mass is 16.5. The minimum atomic E-state index is -0.806. The first-order valence-electron chi connectivity index (χ1n) is 8.20. The van der Waals surface area contributed by atoms with Gasteiger partial charge in [-0.1, -0.05) is 12.1 Å². The van der Waals surface area contributed by atoms with Gasteiger partial charge in [-0.25, -0.2) is 14.8 Å². The number of fused-ring (bicyclic) bond motifs is 1. The normalized spacial score (nSPS) is 23.2. The van der Waals surface area contributed by atoms with E-state index in [0.717, 1.165) is 29.8 Å². The van der Waals surface area contributed by atoms with E-state index < -0.39 is 6.09 Å². The zero-order chi connectivity index (χ0) is 16.5. The number of likely N-dealkylation sites (tertiary alicyclic amines) is 1. The van der Waals surface area contributed by atoms with E-state index in [-0.39, 0.29) is 6.10 Å². The molecule has 2 aromatic rings. The van der Waals surface area contributed by atoms with Crippen LogP contribution >= 0.6 is 0 Å². The molecule has 1 aromatic carbocycles. The van der Waals surface area contributed by atoms with Crippen LogP contribution in [0, 0.1) is 11.8 Å². The predicted octanol–water partition coefficient (Wildman–Crippen LogP) is 2.91. The van der Waals surface area contributed by atoms with Crippen LogP contribution in [0.25, 0.3) is 11.3 Å². The minimum Gasteiger partial charge on any atom is -0.490 e. The van der Waals surface area contributed by atoms with Gasteiger partial charge in [0.2, 0.25) is 0 Å². The fraction of sp³-hybridized carbons (Fsp3) is 0.389. The molecule has 1 aromatic heterocycles. The molecule has 1 saturated carbocycles. The smallest absolute Gasteiger partial charge is 0.407 e. The summed E-state index contributed by atoms with van der Waals surface area (Å²) < 4.78 is 6.16. The molecule has 6 nitrogen and oxygen atoms in total. The molecule has 1 aliphatic heterocycles. The second-order valence-electron chi connectivity index (χ2n) is 6.54. The van der Waals surface area contributed by atoms with E-state index in [0.29, 0.717) is 24.9 Å². The first kappa shape index (κ1) is 14.9. The summed E-state index contributed by atoms with van der Waals surface area (Å²) in [5, 5.41) is 9.09. The Kier molecular flexibility index (Phi) is 3.80. The van der Waals surface area contributed by atoms with Gasteiger partial charge in [-0.2, -0.15) is 0 Å². The molecule has 0 spiro atoms. The summed E-state index contributed by atoms with van der Waals surface area (Å²) >= 11 is 0. The monoisotopic (exact) mass is 325 g/mol.